The molecule has 0 radical (unpaired) electrons. The van der Waals surface area contributed by atoms with Gasteiger partial charge in [-0.25, -0.2) is 4.39 Å². The Hall–Kier alpha value is -3.30. The predicted octanol–water partition coefficient (Wildman–Crippen LogP) is 3.15. The van der Waals surface area contributed by atoms with Gasteiger partial charge in [0.25, 0.3) is 5.91 Å². The lowest BCUT2D eigenvalue weighted by Crippen LogP contribution is -2.39. The summed E-state index contributed by atoms with van der Waals surface area (Å²) in [6.07, 6.45) is -3.22. The standard InChI is InChI=1S/C18H13F4N5O/c19-11-4-5-12(13(9-11)18(20,21)22)17(28)26-7-8-27-15(10-26)24-25-16(27)14-3-1-2-6-23-14/h1-6,9H,7-8,10H2. The van der Waals surface area contributed by atoms with E-state index >= 15 is 0 Å². The fraction of sp³-hybridized carbons (Fsp3) is 0.222. The van der Waals surface area contributed by atoms with E-state index in [0.717, 1.165) is 12.1 Å². The normalized spacial score (nSPS) is 14.1. The highest BCUT2D eigenvalue weighted by molar-refractivity contribution is 5.96. The van der Waals surface area contributed by atoms with E-state index in [1.165, 1.54) is 4.90 Å². The van der Waals surface area contributed by atoms with Crippen molar-refractivity contribution in [3.05, 3.63) is 65.4 Å². The lowest BCUT2D eigenvalue weighted by atomic mass is 10.0. The van der Waals surface area contributed by atoms with E-state index in [1.54, 1.807) is 29.0 Å². The second-order valence-electron chi connectivity index (χ2n) is 6.22. The summed E-state index contributed by atoms with van der Waals surface area (Å²) in [7, 11) is 0. The third kappa shape index (κ3) is 3.21. The molecule has 0 spiro atoms. The minimum Gasteiger partial charge on any atom is -0.329 e. The van der Waals surface area contributed by atoms with E-state index < -0.39 is 29.0 Å². The molecule has 2 aromatic heterocycles. The molecule has 0 saturated heterocycles. The van der Waals surface area contributed by atoms with Crippen LogP contribution in [0.2, 0.25) is 0 Å². The first-order valence-corrected chi connectivity index (χ1v) is 8.34. The molecule has 0 unspecified atom stereocenters. The van der Waals surface area contributed by atoms with Crippen molar-refractivity contribution in [2.45, 2.75) is 19.3 Å². The molecule has 1 aliphatic heterocycles. The van der Waals surface area contributed by atoms with Gasteiger partial charge in [0.15, 0.2) is 11.6 Å². The first kappa shape index (κ1) is 18.1. The molecule has 0 atom stereocenters. The SMILES string of the molecule is O=C(c1ccc(F)cc1C(F)(F)F)N1CCn2c(nnc2-c2ccccn2)C1. The number of carbonyl (C=O) groups excluding carboxylic acids is 1. The molecule has 3 aromatic rings. The Bertz CT molecular complexity index is 1030. The van der Waals surface area contributed by atoms with Crippen molar-refractivity contribution in [1.82, 2.24) is 24.6 Å². The summed E-state index contributed by atoms with van der Waals surface area (Å²) < 4.78 is 54.7. The monoisotopic (exact) mass is 391 g/mol. The van der Waals surface area contributed by atoms with Crippen molar-refractivity contribution in [1.29, 1.82) is 0 Å². The van der Waals surface area contributed by atoms with Crippen LogP contribution in [-0.2, 0) is 19.3 Å². The smallest absolute Gasteiger partial charge is 0.329 e. The molecule has 0 saturated carbocycles. The topological polar surface area (TPSA) is 63.9 Å². The maximum Gasteiger partial charge on any atom is 0.417 e. The first-order chi connectivity index (χ1) is 13.3. The zero-order valence-electron chi connectivity index (χ0n) is 14.3. The van der Waals surface area contributed by atoms with Crippen molar-refractivity contribution in [3.63, 3.8) is 0 Å². The van der Waals surface area contributed by atoms with E-state index in [0.29, 0.717) is 30.0 Å². The molecule has 0 N–H and O–H groups in total. The summed E-state index contributed by atoms with van der Waals surface area (Å²) >= 11 is 0. The lowest BCUT2D eigenvalue weighted by Gasteiger charge is -2.28. The number of pyridine rings is 1. The number of amides is 1. The molecule has 144 valence electrons. The van der Waals surface area contributed by atoms with Gasteiger partial charge in [0.1, 0.15) is 11.5 Å². The number of hydrogen-bond acceptors (Lipinski definition) is 4. The van der Waals surface area contributed by atoms with Gasteiger partial charge in [-0.3, -0.25) is 9.78 Å². The van der Waals surface area contributed by atoms with Gasteiger partial charge in [-0.05, 0) is 30.3 Å². The molecule has 28 heavy (non-hydrogen) atoms. The summed E-state index contributed by atoms with van der Waals surface area (Å²) in [5, 5.41) is 8.13. The number of hydrogen-bond donors (Lipinski definition) is 0. The van der Waals surface area contributed by atoms with Crippen LogP contribution in [0.3, 0.4) is 0 Å². The molecular formula is C18H13F4N5O. The Morgan fingerprint density at radius 1 is 1.07 bits per heavy atom. The Balaban J connectivity index is 1.63. The number of fused-ring (bicyclic) bond motifs is 1. The molecule has 10 heteroatoms. The molecule has 1 aliphatic rings. The van der Waals surface area contributed by atoms with Gasteiger partial charge >= 0.3 is 6.18 Å². The van der Waals surface area contributed by atoms with Crippen LogP contribution in [0.1, 0.15) is 21.7 Å². The maximum absolute atomic E-state index is 13.3. The average molecular weight is 391 g/mol. The van der Waals surface area contributed by atoms with Gasteiger partial charge in [-0.1, -0.05) is 6.07 Å². The Labute approximate surface area is 156 Å². The summed E-state index contributed by atoms with van der Waals surface area (Å²) in [5.41, 5.74) is -1.27. The van der Waals surface area contributed by atoms with Crippen molar-refractivity contribution in [2.75, 3.05) is 6.54 Å². The highest BCUT2D eigenvalue weighted by Gasteiger charge is 2.37. The van der Waals surface area contributed by atoms with Crippen LogP contribution in [0.25, 0.3) is 11.5 Å². The zero-order valence-corrected chi connectivity index (χ0v) is 14.3. The summed E-state index contributed by atoms with van der Waals surface area (Å²) in [6, 6.07) is 7.36. The number of alkyl halides is 3. The van der Waals surface area contributed by atoms with Gasteiger partial charge in [0.05, 0.1) is 17.7 Å². The highest BCUT2D eigenvalue weighted by atomic mass is 19.4. The van der Waals surface area contributed by atoms with Crippen LogP contribution in [0, 0.1) is 5.82 Å². The lowest BCUT2D eigenvalue weighted by molar-refractivity contribution is -0.138. The number of carbonyl (C=O) groups is 1. The minimum absolute atomic E-state index is 0.00661. The summed E-state index contributed by atoms with van der Waals surface area (Å²) in [6.45, 7) is 0.467. The fourth-order valence-electron chi connectivity index (χ4n) is 3.12. The van der Waals surface area contributed by atoms with Crippen LogP contribution in [-0.4, -0.2) is 37.1 Å². The maximum atomic E-state index is 13.3. The number of rotatable bonds is 2. The molecule has 3 heterocycles. The van der Waals surface area contributed by atoms with Crippen molar-refractivity contribution in [2.24, 2.45) is 0 Å². The Morgan fingerprint density at radius 3 is 2.61 bits per heavy atom. The number of halogens is 4. The van der Waals surface area contributed by atoms with E-state index in [9.17, 15) is 22.4 Å². The van der Waals surface area contributed by atoms with E-state index in [1.807, 2.05) is 0 Å². The Kier molecular flexibility index (Phi) is 4.33. The number of nitrogens with zero attached hydrogens (tertiary/aromatic N) is 5. The fourth-order valence-corrected chi connectivity index (χ4v) is 3.12. The molecule has 6 nitrogen and oxygen atoms in total. The molecule has 0 fully saturated rings. The van der Waals surface area contributed by atoms with Crippen molar-refractivity contribution < 1.29 is 22.4 Å². The largest absolute Gasteiger partial charge is 0.417 e. The van der Waals surface area contributed by atoms with Gasteiger partial charge in [0, 0.05) is 19.3 Å². The van der Waals surface area contributed by atoms with Gasteiger partial charge in [0.2, 0.25) is 0 Å². The van der Waals surface area contributed by atoms with Crippen molar-refractivity contribution >= 4 is 5.91 Å². The molecular weight excluding hydrogens is 378 g/mol. The highest BCUT2D eigenvalue weighted by Crippen LogP contribution is 2.33. The quantitative estimate of drug-likeness (QED) is 0.630. The van der Waals surface area contributed by atoms with Crippen LogP contribution in [0.15, 0.2) is 42.6 Å². The molecule has 4 rings (SSSR count). The zero-order chi connectivity index (χ0) is 19.9. The van der Waals surface area contributed by atoms with Crippen LogP contribution in [0.4, 0.5) is 17.6 Å². The molecule has 1 aromatic carbocycles. The summed E-state index contributed by atoms with van der Waals surface area (Å²) in [5.74, 6) is -0.917. The molecule has 0 bridgehead atoms. The van der Waals surface area contributed by atoms with Crippen LogP contribution < -0.4 is 0 Å². The predicted molar refractivity (Wildman–Crippen MR) is 89.4 cm³/mol. The van der Waals surface area contributed by atoms with Crippen LogP contribution in [0.5, 0.6) is 0 Å². The van der Waals surface area contributed by atoms with E-state index in [-0.39, 0.29) is 13.1 Å². The second-order valence-corrected chi connectivity index (χ2v) is 6.22. The molecule has 0 aliphatic carbocycles. The van der Waals surface area contributed by atoms with Gasteiger partial charge < -0.3 is 9.47 Å². The van der Waals surface area contributed by atoms with Crippen LogP contribution >= 0.6 is 0 Å². The number of benzene rings is 1. The Morgan fingerprint density at radius 2 is 1.89 bits per heavy atom. The third-order valence-corrected chi connectivity index (χ3v) is 4.45. The molecule has 1 amide bonds. The van der Waals surface area contributed by atoms with Crippen molar-refractivity contribution in [3.8, 4) is 11.5 Å². The second kappa shape index (κ2) is 6.70. The van der Waals surface area contributed by atoms with E-state index in [4.69, 9.17) is 0 Å². The average Bonchev–Trinajstić information content (AvgIpc) is 3.10. The minimum atomic E-state index is -4.84. The van der Waals surface area contributed by atoms with Gasteiger partial charge in [-0.15, -0.1) is 10.2 Å². The summed E-state index contributed by atoms with van der Waals surface area (Å²) in [4.78, 5) is 18.2. The van der Waals surface area contributed by atoms with E-state index in [2.05, 4.69) is 15.2 Å². The van der Waals surface area contributed by atoms with Gasteiger partial charge in [-0.2, -0.15) is 13.2 Å². The third-order valence-electron chi connectivity index (χ3n) is 4.45. The first-order valence-electron chi connectivity index (χ1n) is 8.34. The number of aromatic nitrogens is 4.